The Morgan fingerprint density at radius 3 is 2.46 bits per heavy atom. The van der Waals surface area contributed by atoms with E-state index < -0.39 is 10.0 Å². The molecule has 1 amide bonds. The standard InChI is InChI=1S/C18H25N3O4S/c1-4-5-6-15-7-9-16(10-8-15)20-17(22)11-12-19-26(23,24)18-13(2)21-25-14(18)3/h7-10,19H,4-6,11-12H2,1-3H3,(H,20,22). The molecule has 1 aromatic heterocycles. The first-order valence-corrected chi connectivity index (χ1v) is 10.1. The second-order valence-corrected chi connectivity index (χ2v) is 7.85. The lowest BCUT2D eigenvalue weighted by molar-refractivity contribution is -0.116. The van der Waals surface area contributed by atoms with Crippen LogP contribution in [0.4, 0.5) is 5.69 Å². The molecule has 0 saturated heterocycles. The van der Waals surface area contributed by atoms with Crippen LogP contribution in [-0.2, 0) is 21.2 Å². The molecular formula is C18H25N3O4S. The number of unbranched alkanes of at least 4 members (excludes halogenated alkanes) is 1. The Balaban J connectivity index is 1.83. The number of rotatable bonds is 9. The lowest BCUT2D eigenvalue weighted by Crippen LogP contribution is -2.28. The summed E-state index contributed by atoms with van der Waals surface area (Å²) in [6.45, 7) is 5.23. The Bertz CT molecular complexity index is 822. The fourth-order valence-corrected chi connectivity index (χ4v) is 3.95. The summed E-state index contributed by atoms with van der Waals surface area (Å²) in [4.78, 5) is 12.0. The van der Waals surface area contributed by atoms with Crippen LogP contribution in [-0.4, -0.2) is 26.0 Å². The van der Waals surface area contributed by atoms with Crippen molar-refractivity contribution in [3.05, 3.63) is 41.3 Å². The predicted octanol–water partition coefficient (Wildman–Crippen LogP) is 2.94. The third kappa shape index (κ3) is 5.40. The number of amides is 1. The Labute approximate surface area is 154 Å². The molecule has 2 rings (SSSR count). The first-order chi connectivity index (χ1) is 12.3. The summed E-state index contributed by atoms with van der Waals surface area (Å²) in [7, 11) is -3.75. The van der Waals surface area contributed by atoms with E-state index in [1.165, 1.54) is 12.5 Å². The zero-order valence-corrected chi connectivity index (χ0v) is 16.1. The van der Waals surface area contributed by atoms with Crippen LogP contribution >= 0.6 is 0 Å². The summed E-state index contributed by atoms with van der Waals surface area (Å²) in [6.07, 6.45) is 3.33. The van der Waals surface area contributed by atoms with Gasteiger partial charge < -0.3 is 9.84 Å². The third-order valence-electron chi connectivity index (χ3n) is 3.94. The van der Waals surface area contributed by atoms with Gasteiger partial charge in [-0.3, -0.25) is 4.79 Å². The minimum atomic E-state index is -3.75. The molecule has 1 heterocycles. The number of carbonyl (C=O) groups excluding carboxylic acids is 1. The van der Waals surface area contributed by atoms with Gasteiger partial charge in [-0.1, -0.05) is 30.6 Å². The Kier molecular flexibility index (Phi) is 6.93. The van der Waals surface area contributed by atoms with Crippen molar-refractivity contribution in [3.63, 3.8) is 0 Å². The summed E-state index contributed by atoms with van der Waals surface area (Å²) in [6, 6.07) is 7.70. The molecule has 0 bridgehead atoms. The van der Waals surface area contributed by atoms with Gasteiger partial charge in [0, 0.05) is 18.7 Å². The molecule has 1 aromatic carbocycles. The lowest BCUT2D eigenvalue weighted by Gasteiger charge is -2.08. The molecule has 0 fully saturated rings. The zero-order chi connectivity index (χ0) is 19.2. The fourth-order valence-electron chi connectivity index (χ4n) is 2.59. The van der Waals surface area contributed by atoms with Gasteiger partial charge in [0.15, 0.2) is 5.76 Å². The van der Waals surface area contributed by atoms with E-state index in [2.05, 4.69) is 22.1 Å². The van der Waals surface area contributed by atoms with Crippen LogP contribution in [0.25, 0.3) is 0 Å². The van der Waals surface area contributed by atoms with E-state index >= 15 is 0 Å². The SMILES string of the molecule is CCCCc1ccc(NC(=O)CCNS(=O)(=O)c2c(C)noc2C)cc1. The molecule has 0 atom stereocenters. The van der Waals surface area contributed by atoms with E-state index in [9.17, 15) is 13.2 Å². The van der Waals surface area contributed by atoms with Crippen LogP contribution in [0.2, 0.25) is 0 Å². The molecule has 0 spiro atoms. The van der Waals surface area contributed by atoms with Crippen molar-refractivity contribution in [3.8, 4) is 0 Å². The Morgan fingerprint density at radius 1 is 1.19 bits per heavy atom. The van der Waals surface area contributed by atoms with Gasteiger partial charge in [0.2, 0.25) is 15.9 Å². The van der Waals surface area contributed by atoms with Crippen LogP contribution in [0.1, 0.15) is 43.2 Å². The van der Waals surface area contributed by atoms with Gasteiger partial charge in [-0.25, -0.2) is 13.1 Å². The highest BCUT2D eigenvalue weighted by molar-refractivity contribution is 7.89. The number of hydrogen-bond acceptors (Lipinski definition) is 5. The molecule has 0 aliphatic carbocycles. The number of hydrogen-bond donors (Lipinski definition) is 2. The highest BCUT2D eigenvalue weighted by Gasteiger charge is 2.23. The van der Waals surface area contributed by atoms with E-state index in [0.717, 1.165) is 19.3 Å². The fraction of sp³-hybridized carbons (Fsp3) is 0.444. The number of sulfonamides is 1. The number of benzene rings is 1. The number of nitrogens with one attached hydrogen (secondary N) is 2. The zero-order valence-electron chi connectivity index (χ0n) is 15.3. The van der Waals surface area contributed by atoms with Gasteiger partial charge in [-0.05, 0) is 44.4 Å². The van der Waals surface area contributed by atoms with Crippen molar-refractivity contribution >= 4 is 21.6 Å². The quantitative estimate of drug-likeness (QED) is 0.697. The largest absolute Gasteiger partial charge is 0.360 e. The van der Waals surface area contributed by atoms with Gasteiger partial charge in [-0.15, -0.1) is 0 Å². The van der Waals surface area contributed by atoms with E-state index in [-0.39, 0.29) is 29.5 Å². The van der Waals surface area contributed by atoms with Gasteiger partial charge in [0.25, 0.3) is 0 Å². The molecule has 0 unspecified atom stereocenters. The monoisotopic (exact) mass is 379 g/mol. The van der Waals surface area contributed by atoms with Crippen LogP contribution in [0.5, 0.6) is 0 Å². The molecule has 142 valence electrons. The van der Waals surface area contributed by atoms with Crippen molar-refractivity contribution in [2.24, 2.45) is 0 Å². The molecular weight excluding hydrogens is 354 g/mol. The molecule has 0 aliphatic heterocycles. The first kappa shape index (κ1) is 20.1. The molecule has 2 aromatic rings. The summed E-state index contributed by atoms with van der Waals surface area (Å²) in [5.41, 5.74) is 2.23. The number of aryl methyl sites for hydroxylation is 3. The minimum absolute atomic E-state index is 0.00713. The summed E-state index contributed by atoms with van der Waals surface area (Å²) < 4.78 is 31.8. The molecule has 7 nitrogen and oxygen atoms in total. The van der Waals surface area contributed by atoms with Crippen molar-refractivity contribution < 1.29 is 17.7 Å². The number of carbonyl (C=O) groups is 1. The molecule has 0 saturated carbocycles. The summed E-state index contributed by atoms with van der Waals surface area (Å²) in [5.74, 6) is -0.0321. The van der Waals surface area contributed by atoms with Crippen molar-refractivity contribution in [1.29, 1.82) is 0 Å². The second kappa shape index (κ2) is 8.95. The topological polar surface area (TPSA) is 101 Å². The van der Waals surface area contributed by atoms with Crippen LogP contribution in [0.3, 0.4) is 0 Å². The lowest BCUT2D eigenvalue weighted by atomic mass is 10.1. The van der Waals surface area contributed by atoms with Gasteiger partial charge in [0.05, 0.1) is 0 Å². The Hall–Kier alpha value is -2.19. The van der Waals surface area contributed by atoms with Crippen molar-refractivity contribution in [2.45, 2.75) is 51.3 Å². The van der Waals surface area contributed by atoms with E-state index in [1.54, 1.807) is 6.92 Å². The summed E-state index contributed by atoms with van der Waals surface area (Å²) in [5, 5.41) is 6.40. The summed E-state index contributed by atoms with van der Waals surface area (Å²) >= 11 is 0. The van der Waals surface area contributed by atoms with E-state index in [4.69, 9.17) is 4.52 Å². The smallest absolute Gasteiger partial charge is 0.245 e. The molecule has 8 heteroatoms. The number of nitrogens with zero attached hydrogens (tertiary/aromatic N) is 1. The van der Waals surface area contributed by atoms with Crippen LogP contribution in [0, 0.1) is 13.8 Å². The van der Waals surface area contributed by atoms with E-state index in [1.807, 2.05) is 24.3 Å². The van der Waals surface area contributed by atoms with E-state index in [0.29, 0.717) is 11.4 Å². The molecule has 0 aliphatic rings. The van der Waals surface area contributed by atoms with Crippen LogP contribution < -0.4 is 10.0 Å². The molecule has 2 N–H and O–H groups in total. The molecule has 0 radical (unpaired) electrons. The minimum Gasteiger partial charge on any atom is -0.360 e. The van der Waals surface area contributed by atoms with Crippen LogP contribution in [0.15, 0.2) is 33.7 Å². The van der Waals surface area contributed by atoms with Gasteiger partial charge in [0.1, 0.15) is 10.6 Å². The second-order valence-electron chi connectivity index (χ2n) is 6.15. The number of aromatic nitrogens is 1. The Morgan fingerprint density at radius 2 is 1.88 bits per heavy atom. The average Bonchev–Trinajstić information content (AvgIpc) is 2.93. The highest BCUT2D eigenvalue weighted by Crippen LogP contribution is 2.18. The van der Waals surface area contributed by atoms with Gasteiger partial charge in [-0.2, -0.15) is 0 Å². The maximum atomic E-state index is 12.3. The maximum absolute atomic E-state index is 12.3. The van der Waals surface area contributed by atoms with Gasteiger partial charge >= 0.3 is 0 Å². The van der Waals surface area contributed by atoms with Crippen molar-refractivity contribution in [2.75, 3.05) is 11.9 Å². The van der Waals surface area contributed by atoms with Crippen molar-refractivity contribution in [1.82, 2.24) is 9.88 Å². The first-order valence-electron chi connectivity index (χ1n) is 8.65. The average molecular weight is 379 g/mol. The normalized spacial score (nSPS) is 11.5. The third-order valence-corrected chi connectivity index (χ3v) is 5.64. The number of anilines is 1. The molecule has 26 heavy (non-hydrogen) atoms. The highest BCUT2D eigenvalue weighted by atomic mass is 32.2. The predicted molar refractivity (Wildman–Crippen MR) is 99.5 cm³/mol. The maximum Gasteiger partial charge on any atom is 0.245 e.